The molecule has 3 heteroatoms. The van der Waals surface area contributed by atoms with Crippen LogP contribution in [0.2, 0.25) is 0 Å². The van der Waals surface area contributed by atoms with E-state index < -0.39 is 0 Å². The predicted molar refractivity (Wildman–Crippen MR) is 75.5 cm³/mol. The van der Waals surface area contributed by atoms with Crippen molar-refractivity contribution >= 4 is 0 Å². The Morgan fingerprint density at radius 1 is 1.33 bits per heavy atom. The molecule has 0 aromatic heterocycles. The van der Waals surface area contributed by atoms with Gasteiger partial charge in [0.25, 0.3) is 0 Å². The topological polar surface area (TPSA) is 15.3 Å². The van der Waals surface area contributed by atoms with Gasteiger partial charge in [-0.1, -0.05) is 12.1 Å². The molecule has 1 rings (SSSR count). The number of hydrogen-bond acceptors (Lipinski definition) is 2. The van der Waals surface area contributed by atoms with E-state index in [2.05, 4.69) is 31.1 Å². The summed E-state index contributed by atoms with van der Waals surface area (Å²) in [5.41, 5.74) is 2.05. The SMILES string of the molecule is CNCC(C)(C)N(C)CCc1ccc(F)c(C)c1. The molecule has 0 aliphatic heterocycles. The van der Waals surface area contributed by atoms with E-state index >= 15 is 0 Å². The Balaban J connectivity index is 2.56. The first-order valence-corrected chi connectivity index (χ1v) is 6.47. The molecule has 0 radical (unpaired) electrons. The molecular weight excluding hydrogens is 227 g/mol. The smallest absolute Gasteiger partial charge is 0.126 e. The van der Waals surface area contributed by atoms with Crippen molar-refractivity contribution < 1.29 is 4.39 Å². The van der Waals surface area contributed by atoms with E-state index in [9.17, 15) is 4.39 Å². The highest BCUT2D eigenvalue weighted by Gasteiger charge is 2.21. The van der Waals surface area contributed by atoms with Gasteiger partial charge in [-0.2, -0.15) is 0 Å². The summed E-state index contributed by atoms with van der Waals surface area (Å²) in [6.45, 7) is 8.18. The molecule has 0 unspecified atom stereocenters. The van der Waals surface area contributed by atoms with Crippen molar-refractivity contribution in [1.29, 1.82) is 0 Å². The maximum atomic E-state index is 13.2. The lowest BCUT2D eigenvalue weighted by Gasteiger charge is -2.35. The minimum absolute atomic E-state index is 0.123. The van der Waals surface area contributed by atoms with Gasteiger partial charge in [0.1, 0.15) is 5.82 Å². The summed E-state index contributed by atoms with van der Waals surface area (Å²) in [6, 6.07) is 5.37. The number of hydrogen-bond donors (Lipinski definition) is 1. The van der Waals surface area contributed by atoms with E-state index in [-0.39, 0.29) is 11.4 Å². The Kier molecular flexibility index (Phi) is 5.29. The molecule has 0 saturated heterocycles. The van der Waals surface area contributed by atoms with E-state index in [1.807, 2.05) is 26.1 Å². The average molecular weight is 252 g/mol. The van der Waals surface area contributed by atoms with E-state index in [0.717, 1.165) is 25.1 Å². The molecule has 18 heavy (non-hydrogen) atoms. The fourth-order valence-corrected chi connectivity index (χ4v) is 2.03. The first-order valence-electron chi connectivity index (χ1n) is 6.47. The highest BCUT2D eigenvalue weighted by Crippen LogP contribution is 2.14. The third kappa shape index (κ3) is 4.07. The number of nitrogens with one attached hydrogen (secondary N) is 1. The quantitative estimate of drug-likeness (QED) is 0.837. The number of likely N-dealkylation sites (N-methyl/N-ethyl adjacent to an activating group) is 2. The lowest BCUT2D eigenvalue weighted by molar-refractivity contribution is 0.157. The van der Waals surface area contributed by atoms with Gasteiger partial charge in [-0.15, -0.1) is 0 Å². The molecule has 0 fully saturated rings. The van der Waals surface area contributed by atoms with E-state index in [0.29, 0.717) is 0 Å². The second kappa shape index (κ2) is 6.30. The summed E-state index contributed by atoms with van der Waals surface area (Å²) in [5.74, 6) is -0.123. The van der Waals surface area contributed by atoms with Crippen LogP contribution in [0.15, 0.2) is 18.2 Å². The van der Waals surface area contributed by atoms with Crippen molar-refractivity contribution in [3.63, 3.8) is 0 Å². The summed E-state index contributed by atoms with van der Waals surface area (Å²) >= 11 is 0. The van der Waals surface area contributed by atoms with Crippen LogP contribution >= 0.6 is 0 Å². The molecule has 0 spiro atoms. The minimum Gasteiger partial charge on any atom is -0.318 e. The van der Waals surface area contributed by atoms with Crippen LogP contribution in [-0.2, 0) is 6.42 Å². The zero-order chi connectivity index (χ0) is 13.8. The zero-order valence-corrected chi connectivity index (χ0v) is 12.2. The van der Waals surface area contributed by atoms with E-state index in [1.54, 1.807) is 6.07 Å². The summed E-state index contributed by atoms with van der Waals surface area (Å²) in [4.78, 5) is 2.34. The first-order chi connectivity index (χ1) is 8.36. The molecule has 1 aromatic rings. The molecule has 1 N–H and O–H groups in total. The van der Waals surface area contributed by atoms with Crippen molar-refractivity contribution in [3.05, 3.63) is 35.1 Å². The third-order valence-corrected chi connectivity index (χ3v) is 3.60. The van der Waals surface area contributed by atoms with Crippen molar-refractivity contribution in [2.45, 2.75) is 32.7 Å². The van der Waals surface area contributed by atoms with Crippen molar-refractivity contribution in [2.24, 2.45) is 0 Å². The Bertz CT molecular complexity index is 388. The third-order valence-electron chi connectivity index (χ3n) is 3.60. The highest BCUT2D eigenvalue weighted by atomic mass is 19.1. The molecular formula is C15H25FN2. The summed E-state index contributed by atoms with van der Waals surface area (Å²) in [6.07, 6.45) is 0.949. The van der Waals surface area contributed by atoms with Crippen LogP contribution in [0, 0.1) is 12.7 Å². The number of rotatable bonds is 6. The van der Waals surface area contributed by atoms with Gasteiger partial charge in [-0.25, -0.2) is 4.39 Å². The molecule has 102 valence electrons. The lowest BCUT2D eigenvalue weighted by atomic mass is 10.0. The fourth-order valence-electron chi connectivity index (χ4n) is 2.03. The van der Waals surface area contributed by atoms with Gasteiger partial charge in [0.2, 0.25) is 0 Å². The van der Waals surface area contributed by atoms with Gasteiger partial charge in [-0.3, -0.25) is 4.90 Å². The van der Waals surface area contributed by atoms with Crippen LogP contribution in [-0.4, -0.2) is 37.6 Å². The van der Waals surface area contributed by atoms with Crippen LogP contribution in [0.1, 0.15) is 25.0 Å². The van der Waals surface area contributed by atoms with Crippen LogP contribution in [0.4, 0.5) is 4.39 Å². The van der Waals surface area contributed by atoms with Crippen LogP contribution in [0.5, 0.6) is 0 Å². The molecule has 0 aliphatic carbocycles. The van der Waals surface area contributed by atoms with Gasteiger partial charge in [-0.05, 0) is 58.5 Å². The number of halogens is 1. The number of benzene rings is 1. The van der Waals surface area contributed by atoms with Gasteiger partial charge < -0.3 is 5.32 Å². The molecule has 0 aliphatic rings. The lowest BCUT2D eigenvalue weighted by Crippen LogP contribution is -2.48. The second-order valence-electron chi connectivity index (χ2n) is 5.60. The normalized spacial score (nSPS) is 12.2. The Morgan fingerprint density at radius 3 is 2.56 bits per heavy atom. The molecule has 0 saturated carbocycles. The van der Waals surface area contributed by atoms with Gasteiger partial charge in [0.05, 0.1) is 0 Å². The Labute approximate surface area is 110 Å². The van der Waals surface area contributed by atoms with E-state index in [4.69, 9.17) is 0 Å². The molecule has 0 bridgehead atoms. The molecule has 2 nitrogen and oxygen atoms in total. The van der Waals surface area contributed by atoms with Crippen molar-refractivity contribution in [2.75, 3.05) is 27.2 Å². The molecule has 0 atom stereocenters. The van der Waals surface area contributed by atoms with Crippen LogP contribution in [0.3, 0.4) is 0 Å². The summed E-state index contributed by atoms with van der Waals surface area (Å²) in [7, 11) is 4.10. The molecule has 1 aromatic carbocycles. The zero-order valence-electron chi connectivity index (χ0n) is 12.2. The number of aryl methyl sites for hydroxylation is 1. The number of nitrogens with zero attached hydrogens (tertiary/aromatic N) is 1. The van der Waals surface area contributed by atoms with Gasteiger partial charge in [0.15, 0.2) is 0 Å². The fraction of sp³-hybridized carbons (Fsp3) is 0.600. The maximum Gasteiger partial charge on any atom is 0.126 e. The van der Waals surface area contributed by atoms with Gasteiger partial charge >= 0.3 is 0 Å². The molecule has 0 heterocycles. The Hall–Kier alpha value is -0.930. The highest BCUT2D eigenvalue weighted by molar-refractivity contribution is 5.24. The Morgan fingerprint density at radius 2 is 2.00 bits per heavy atom. The maximum absolute atomic E-state index is 13.2. The summed E-state index contributed by atoms with van der Waals surface area (Å²) in [5, 5.41) is 3.21. The second-order valence-corrected chi connectivity index (χ2v) is 5.60. The van der Waals surface area contributed by atoms with Crippen LogP contribution < -0.4 is 5.32 Å². The summed E-state index contributed by atoms with van der Waals surface area (Å²) < 4.78 is 13.2. The first kappa shape index (κ1) is 15.1. The minimum atomic E-state index is -0.123. The molecule has 0 amide bonds. The van der Waals surface area contributed by atoms with Crippen molar-refractivity contribution in [3.8, 4) is 0 Å². The largest absolute Gasteiger partial charge is 0.318 e. The predicted octanol–water partition coefficient (Wildman–Crippen LogP) is 2.61. The average Bonchev–Trinajstić information content (AvgIpc) is 2.30. The standard InChI is InChI=1S/C15H25FN2/c1-12-10-13(6-7-14(12)16)8-9-18(5)15(2,3)11-17-4/h6-7,10,17H,8-9,11H2,1-5H3. The van der Waals surface area contributed by atoms with E-state index in [1.165, 1.54) is 5.56 Å². The van der Waals surface area contributed by atoms with Crippen molar-refractivity contribution in [1.82, 2.24) is 10.2 Å². The van der Waals surface area contributed by atoms with Crippen LogP contribution in [0.25, 0.3) is 0 Å². The van der Waals surface area contributed by atoms with Gasteiger partial charge in [0, 0.05) is 18.6 Å². The monoisotopic (exact) mass is 252 g/mol.